The van der Waals surface area contributed by atoms with E-state index in [2.05, 4.69) is 22.8 Å². The molecule has 0 bridgehead atoms. The summed E-state index contributed by atoms with van der Waals surface area (Å²) in [6.45, 7) is 3.26. The Bertz CT molecular complexity index is 788. The standard InChI is InChI=1S/C21H24FN3O2/c22-17-7-5-16(6-8-17)20-19-4-2-1-3-15(19)9-11-25(20)21(26)24-18-13-23-10-12-27-14-18/h1-8,18,20,23H,9-14H2,(H,24,26). The molecule has 1 saturated heterocycles. The molecule has 2 atom stereocenters. The number of rotatable bonds is 2. The van der Waals surface area contributed by atoms with Gasteiger partial charge in [-0.15, -0.1) is 0 Å². The number of carbonyl (C=O) groups is 1. The van der Waals surface area contributed by atoms with E-state index < -0.39 is 0 Å². The summed E-state index contributed by atoms with van der Waals surface area (Å²) in [6.07, 6.45) is 0.806. The predicted octanol–water partition coefficient (Wildman–Crippen LogP) is 2.47. The zero-order chi connectivity index (χ0) is 18.6. The molecule has 2 heterocycles. The number of carbonyl (C=O) groups excluding carboxylic acids is 1. The molecule has 0 aromatic heterocycles. The number of nitrogens with zero attached hydrogens (tertiary/aromatic N) is 1. The first-order chi connectivity index (χ1) is 13.2. The third kappa shape index (κ3) is 3.96. The van der Waals surface area contributed by atoms with E-state index in [0.717, 1.165) is 24.1 Å². The third-order valence-electron chi connectivity index (χ3n) is 5.19. The Morgan fingerprint density at radius 3 is 2.85 bits per heavy atom. The van der Waals surface area contributed by atoms with Crippen molar-refractivity contribution in [3.8, 4) is 0 Å². The van der Waals surface area contributed by atoms with Gasteiger partial charge in [0.25, 0.3) is 0 Å². The number of benzene rings is 2. The number of hydrogen-bond acceptors (Lipinski definition) is 3. The van der Waals surface area contributed by atoms with E-state index in [4.69, 9.17) is 4.74 Å². The fourth-order valence-corrected chi connectivity index (χ4v) is 3.85. The van der Waals surface area contributed by atoms with Crippen LogP contribution in [-0.4, -0.2) is 49.8 Å². The largest absolute Gasteiger partial charge is 0.378 e. The normalized spacial score (nSPS) is 22.6. The zero-order valence-corrected chi connectivity index (χ0v) is 15.2. The highest BCUT2D eigenvalue weighted by molar-refractivity contribution is 5.76. The molecule has 0 aliphatic carbocycles. The number of halogens is 1. The van der Waals surface area contributed by atoms with Crippen molar-refractivity contribution < 1.29 is 13.9 Å². The maximum Gasteiger partial charge on any atom is 0.318 e. The summed E-state index contributed by atoms with van der Waals surface area (Å²) in [4.78, 5) is 14.9. The summed E-state index contributed by atoms with van der Waals surface area (Å²) in [5, 5.41) is 6.37. The molecule has 5 nitrogen and oxygen atoms in total. The molecule has 2 unspecified atom stereocenters. The summed E-state index contributed by atoms with van der Waals surface area (Å²) in [5.41, 5.74) is 3.24. The third-order valence-corrected chi connectivity index (χ3v) is 5.19. The first kappa shape index (κ1) is 17.9. The van der Waals surface area contributed by atoms with E-state index in [9.17, 15) is 9.18 Å². The fraction of sp³-hybridized carbons (Fsp3) is 0.381. The number of ether oxygens (including phenoxy) is 1. The molecule has 2 aliphatic rings. The maximum atomic E-state index is 13.4. The van der Waals surface area contributed by atoms with Gasteiger partial charge >= 0.3 is 6.03 Å². The van der Waals surface area contributed by atoms with Gasteiger partial charge in [0.1, 0.15) is 5.82 Å². The topological polar surface area (TPSA) is 53.6 Å². The smallest absolute Gasteiger partial charge is 0.318 e. The number of nitrogens with one attached hydrogen (secondary N) is 2. The van der Waals surface area contributed by atoms with Gasteiger partial charge in [-0.2, -0.15) is 0 Å². The fourth-order valence-electron chi connectivity index (χ4n) is 3.85. The Kier molecular flexibility index (Phi) is 5.36. The number of fused-ring (bicyclic) bond motifs is 1. The van der Waals surface area contributed by atoms with Crippen molar-refractivity contribution >= 4 is 6.03 Å². The first-order valence-electron chi connectivity index (χ1n) is 9.41. The SMILES string of the molecule is O=C(NC1CNCCOC1)N1CCc2ccccc2C1c1ccc(F)cc1. The van der Waals surface area contributed by atoms with Crippen molar-refractivity contribution in [2.75, 3.05) is 32.8 Å². The average Bonchev–Trinajstić information content (AvgIpc) is 2.96. The van der Waals surface area contributed by atoms with Gasteiger partial charge in [-0.25, -0.2) is 9.18 Å². The van der Waals surface area contributed by atoms with Gasteiger partial charge in [0.15, 0.2) is 0 Å². The van der Waals surface area contributed by atoms with Gasteiger partial charge in [-0.05, 0) is 35.2 Å². The van der Waals surface area contributed by atoms with Crippen LogP contribution in [0.1, 0.15) is 22.7 Å². The summed E-state index contributed by atoms with van der Waals surface area (Å²) in [5.74, 6) is -0.277. The van der Waals surface area contributed by atoms with Crippen LogP contribution in [0.3, 0.4) is 0 Å². The predicted molar refractivity (Wildman–Crippen MR) is 101 cm³/mol. The monoisotopic (exact) mass is 369 g/mol. The summed E-state index contributed by atoms with van der Waals surface area (Å²) >= 11 is 0. The zero-order valence-electron chi connectivity index (χ0n) is 15.2. The van der Waals surface area contributed by atoms with Crippen LogP contribution in [0.15, 0.2) is 48.5 Å². The number of amides is 2. The van der Waals surface area contributed by atoms with Crippen LogP contribution in [0.2, 0.25) is 0 Å². The maximum absolute atomic E-state index is 13.4. The quantitative estimate of drug-likeness (QED) is 0.855. The van der Waals surface area contributed by atoms with E-state index in [-0.39, 0.29) is 23.9 Å². The van der Waals surface area contributed by atoms with Crippen molar-refractivity contribution in [3.05, 3.63) is 71.0 Å². The van der Waals surface area contributed by atoms with Gasteiger partial charge in [-0.3, -0.25) is 0 Å². The Hall–Kier alpha value is -2.44. The minimum Gasteiger partial charge on any atom is -0.378 e. The van der Waals surface area contributed by atoms with Crippen molar-refractivity contribution in [1.29, 1.82) is 0 Å². The molecule has 4 rings (SSSR count). The van der Waals surface area contributed by atoms with Crippen molar-refractivity contribution in [1.82, 2.24) is 15.5 Å². The van der Waals surface area contributed by atoms with Crippen LogP contribution in [0.25, 0.3) is 0 Å². The molecular formula is C21H24FN3O2. The van der Waals surface area contributed by atoms with Gasteiger partial charge in [0.05, 0.1) is 25.3 Å². The van der Waals surface area contributed by atoms with Gasteiger partial charge in [0.2, 0.25) is 0 Å². The van der Waals surface area contributed by atoms with Crippen LogP contribution in [0, 0.1) is 5.82 Å². The molecule has 0 radical (unpaired) electrons. The highest BCUT2D eigenvalue weighted by Gasteiger charge is 2.32. The van der Waals surface area contributed by atoms with Crippen LogP contribution < -0.4 is 10.6 Å². The molecule has 2 N–H and O–H groups in total. The summed E-state index contributed by atoms with van der Waals surface area (Å²) in [7, 11) is 0. The highest BCUT2D eigenvalue weighted by Crippen LogP contribution is 2.35. The molecule has 0 spiro atoms. The molecule has 0 saturated carbocycles. The van der Waals surface area contributed by atoms with Crippen molar-refractivity contribution in [3.63, 3.8) is 0 Å². The Balaban J connectivity index is 1.62. The minimum absolute atomic E-state index is 0.0639. The van der Waals surface area contributed by atoms with Crippen LogP contribution in [-0.2, 0) is 11.2 Å². The van der Waals surface area contributed by atoms with Gasteiger partial charge in [0, 0.05) is 19.6 Å². The van der Waals surface area contributed by atoms with Crippen LogP contribution >= 0.6 is 0 Å². The molecule has 142 valence electrons. The molecule has 1 fully saturated rings. The van der Waals surface area contributed by atoms with Crippen molar-refractivity contribution in [2.45, 2.75) is 18.5 Å². The molecule has 2 aliphatic heterocycles. The van der Waals surface area contributed by atoms with E-state index in [1.165, 1.54) is 17.7 Å². The van der Waals surface area contributed by atoms with E-state index in [0.29, 0.717) is 26.3 Å². The molecule has 2 aromatic carbocycles. The van der Waals surface area contributed by atoms with E-state index >= 15 is 0 Å². The number of urea groups is 1. The lowest BCUT2D eigenvalue weighted by Gasteiger charge is -2.38. The average molecular weight is 369 g/mol. The van der Waals surface area contributed by atoms with Gasteiger partial charge in [-0.1, -0.05) is 36.4 Å². The second-order valence-corrected chi connectivity index (χ2v) is 7.02. The summed E-state index contributed by atoms with van der Waals surface area (Å²) in [6, 6.07) is 14.2. The van der Waals surface area contributed by atoms with E-state index in [1.807, 2.05) is 17.0 Å². The minimum atomic E-state index is -0.277. The Morgan fingerprint density at radius 1 is 1.19 bits per heavy atom. The molecule has 2 amide bonds. The lowest BCUT2D eigenvalue weighted by molar-refractivity contribution is 0.127. The second kappa shape index (κ2) is 8.06. The lowest BCUT2D eigenvalue weighted by atomic mass is 9.88. The second-order valence-electron chi connectivity index (χ2n) is 7.02. The van der Waals surface area contributed by atoms with Crippen LogP contribution in [0.5, 0.6) is 0 Å². The summed E-state index contributed by atoms with van der Waals surface area (Å²) < 4.78 is 19.0. The lowest BCUT2D eigenvalue weighted by Crippen LogP contribution is -2.52. The van der Waals surface area contributed by atoms with E-state index in [1.54, 1.807) is 12.1 Å². The highest BCUT2D eigenvalue weighted by atomic mass is 19.1. The molecule has 6 heteroatoms. The first-order valence-corrected chi connectivity index (χ1v) is 9.41. The van der Waals surface area contributed by atoms with Crippen LogP contribution in [0.4, 0.5) is 9.18 Å². The molecule has 27 heavy (non-hydrogen) atoms. The number of hydrogen-bond donors (Lipinski definition) is 2. The molecular weight excluding hydrogens is 345 g/mol. The van der Waals surface area contributed by atoms with Crippen molar-refractivity contribution in [2.24, 2.45) is 0 Å². The Labute approximate surface area is 158 Å². The molecule has 2 aromatic rings. The van der Waals surface area contributed by atoms with Gasteiger partial charge < -0.3 is 20.3 Å². The Morgan fingerprint density at radius 2 is 2.00 bits per heavy atom.